The Hall–Kier alpha value is -3.17. The number of anilines is 1. The molecule has 0 bridgehead atoms. The molecule has 0 aliphatic carbocycles. The van der Waals surface area contributed by atoms with Gasteiger partial charge in [0.1, 0.15) is 10.6 Å². The molecule has 0 amide bonds. The molecule has 0 spiro atoms. The summed E-state index contributed by atoms with van der Waals surface area (Å²) in [6, 6.07) is 12.3. The van der Waals surface area contributed by atoms with Gasteiger partial charge in [-0.25, -0.2) is 13.2 Å². The van der Waals surface area contributed by atoms with Gasteiger partial charge in [0.05, 0.1) is 34.9 Å². The Balaban J connectivity index is 1.53. The summed E-state index contributed by atoms with van der Waals surface area (Å²) in [5.41, 5.74) is 1.64. The number of pyridine rings is 1. The third-order valence-electron chi connectivity index (χ3n) is 8.20. The molecule has 2 aliphatic heterocycles. The minimum absolute atomic E-state index is 0.155. The molecular formula is C32H41N3O5S. The second-order valence-electron chi connectivity index (χ2n) is 10.9. The van der Waals surface area contributed by atoms with E-state index < -0.39 is 15.8 Å². The molecule has 8 nitrogen and oxygen atoms in total. The highest BCUT2D eigenvalue weighted by atomic mass is 32.2. The predicted octanol–water partition coefficient (Wildman–Crippen LogP) is 5.88. The lowest BCUT2D eigenvalue weighted by atomic mass is 9.99. The van der Waals surface area contributed by atoms with E-state index in [0.717, 1.165) is 51.9 Å². The van der Waals surface area contributed by atoms with Crippen LogP contribution in [-0.2, 0) is 14.6 Å². The summed E-state index contributed by atoms with van der Waals surface area (Å²) in [4.78, 5) is 22.3. The van der Waals surface area contributed by atoms with Crippen LogP contribution >= 0.6 is 0 Å². The highest BCUT2D eigenvalue weighted by Crippen LogP contribution is 2.38. The number of fused-ring (bicyclic) bond motifs is 1. The lowest BCUT2D eigenvalue weighted by Gasteiger charge is -2.41. The van der Waals surface area contributed by atoms with Gasteiger partial charge in [-0.1, -0.05) is 19.8 Å². The summed E-state index contributed by atoms with van der Waals surface area (Å²) in [6.07, 6.45) is 9.15. The highest BCUT2D eigenvalue weighted by molar-refractivity contribution is 7.91. The van der Waals surface area contributed by atoms with Gasteiger partial charge >= 0.3 is 5.97 Å². The van der Waals surface area contributed by atoms with Gasteiger partial charge in [0.15, 0.2) is 0 Å². The van der Waals surface area contributed by atoms with Crippen molar-refractivity contribution >= 4 is 32.4 Å². The van der Waals surface area contributed by atoms with Crippen LogP contribution in [0.1, 0.15) is 69.2 Å². The summed E-state index contributed by atoms with van der Waals surface area (Å²) < 4.78 is 39.3. The quantitative estimate of drug-likeness (QED) is 0.217. The molecular weight excluding hydrogens is 538 g/mol. The van der Waals surface area contributed by atoms with E-state index in [1.54, 1.807) is 49.4 Å². The molecule has 2 aliphatic rings. The largest absolute Gasteiger partial charge is 0.494 e. The summed E-state index contributed by atoms with van der Waals surface area (Å²) in [5, 5.41) is 0.646. The number of unbranched alkanes of at least 4 members (excludes halogenated alkanes) is 1. The topological polar surface area (TPSA) is 89.0 Å². The number of aromatic nitrogens is 1. The smallest absolute Gasteiger partial charge is 0.338 e. The van der Waals surface area contributed by atoms with E-state index in [1.165, 1.54) is 25.5 Å². The van der Waals surface area contributed by atoms with Crippen molar-refractivity contribution in [3.05, 3.63) is 54.2 Å². The Kier molecular flexibility index (Phi) is 9.45. The number of sulfone groups is 1. The van der Waals surface area contributed by atoms with E-state index in [9.17, 15) is 13.2 Å². The fourth-order valence-electron chi connectivity index (χ4n) is 5.94. The van der Waals surface area contributed by atoms with Crippen LogP contribution in [0.25, 0.3) is 10.9 Å². The van der Waals surface area contributed by atoms with Crippen LogP contribution in [0.5, 0.6) is 5.75 Å². The minimum atomic E-state index is -3.92. The number of piperidine rings is 2. The molecule has 41 heavy (non-hydrogen) atoms. The molecule has 0 radical (unpaired) electrons. The van der Waals surface area contributed by atoms with Gasteiger partial charge in [0.2, 0.25) is 9.84 Å². The Morgan fingerprint density at radius 3 is 2.39 bits per heavy atom. The van der Waals surface area contributed by atoms with E-state index in [4.69, 9.17) is 9.47 Å². The second kappa shape index (κ2) is 13.2. The first-order valence-corrected chi connectivity index (χ1v) is 16.5. The van der Waals surface area contributed by atoms with E-state index in [2.05, 4.69) is 21.7 Å². The first-order chi connectivity index (χ1) is 19.9. The third-order valence-corrected chi connectivity index (χ3v) is 9.97. The van der Waals surface area contributed by atoms with E-state index >= 15 is 0 Å². The average Bonchev–Trinajstić information content (AvgIpc) is 3.01. The van der Waals surface area contributed by atoms with E-state index in [1.807, 2.05) is 0 Å². The molecule has 2 fully saturated rings. The first kappa shape index (κ1) is 29.3. The SMILES string of the molecule is CCCCOc1ccc(S(=O)(=O)c2cnc3ccc(C(=O)OCC)cc3c2N2CCC(N3CCCCC3)CC2)cc1. The van der Waals surface area contributed by atoms with Crippen LogP contribution in [0.3, 0.4) is 0 Å². The molecule has 3 aromatic rings. The lowest BCUT2D eigenvalue weighted by Crippen LogP contribution is -2.47. The minimum Gasteiger partial charge on any atom is -0.494 e. The summed E-state index contributed by atoms with van der Waals surface area (Å²) in [6.45, 7) is 8.47. The molecule has 0 N–H and O–H groups in total. The van der Waals surface area contributed by atoms with E-state index in [-0.39, 0.29) is 16.4 Å². The Bertz CT molecular complexity index is 1440. The van der Waals surface area contributed by atoms with E-state index in [0.29, 0.717) is 40.6 Å². The zero-order valence-electron chi connectivity index (χ0n) is 24.2. The normalized spacial score (nSPS) is 17.1. The number of esters is 1. The predicted molar refractivity (Wildman–Crippen MR) is 161 cm³/mol. The summed E-state index contributed by atoms with van der Waals surface area (Å²) in [7, 11) is -3.92. The number of hydrogen-bond acceptors (Lipinski definition) is 8. The number of hydrogen-bond donors (Lipinski definition) is 0. The number of carbonyl (C=O) groups is 1. The zero-order valence-corrected chi connectivity index (χ0v) is 25.0. The number of carbonyl (C=O) groups excluding carboxylic acids is 1. The molecule has 1 aromatic heterocycles. The van der Waals surface area contributed by atoms with Crippen LogP contribution in [0.4, 0.5) is 5.69 Å². The van der Waals surface area contributed by atoms with Gasteiger partial charge in [0.25, 0.3) is 0 Å². The van der Waals surface area contributed by atoms with Crippen molar-refractivity contribution in [2.75, 3.05) is 44.3 Å². The number of likely N-dealkylation sites (tertiary alicyclic amines) is 1. The molecule has 0 unspecified atom stereocenters. The van der Waals surface area contributed by atoms with Crippen LogP contribution < -0.4 is 9.64 Å². The standard InChI is InChI=1S/C32H41N3O5S/c1-3-5-21-40-26-10-12-27(13-11-26)41(37,38)30-23-33-29-14-9-24(32(36)39-4-2)22-28(29)31(30)35-19-15-25(16-20-35)34-17-7-6-8-18-34/h9-14,22-23,25H,3-8,15-21H2,1-2H3. The number of benzene rings is 2. The molecule has 5 rings (SSSR count). The van der Waals surface area contributed by atoms with Gasteiger partial charge in [0, 0.05) is 30.7 Å². The van der Waals surface area contributed by atoms with Crippen molar-refractivity contribution in [1.82, 2.24) is 9.88 Å². The van der Waals surface area contributed by atoms with Crippen LogP contribution in [-0.4, -0.2) is 69.7 Å². The van der Waals surface area contributed by atoms with Gasteiger partial charge in [-0.15, -0.1) is 0 Å². The highest BCUT2D eigenvalue weighted by Gasteiger charge is 2.31. The van der Waals surface area contributed by atoms with Gasteiger partial charge < -0.3 is 19.3 Å². The summed E-state index contributed by atoms with van der Waals surface area (Å²) in [5.74, 6) is 0.212. The second-order valence-corrected chi connectivity index (χ2v) is 12.8. The molecule has 0 atom stereocenters. The van der Waals surface area contributed by atoms with Crippen molar-refractivity contribution in [3.63, 3.8) is 0 Å². The third kappa shape index (κ3) is 6.51. The first-order valence-electron chi connectivity index (χ1n) is 15.0. The molecule has 3 heterocycles. The summed E-state index contributed by atoms with van der Waals surface area (Å²) >= 11 is 0. The van der Waals surface area contributed by atoms with Crippen LogP contribution in [0.2, 0.25) is 0 Å². The molecule has 2 saturated heterocycles. The van der Waals surface area contributed by atoms with Crippen LogP contribution in [0.15, 0.2) is 58.5 Å². The lowest BCUT2D eigenvalue weighted by molar-refractivity contribution is 0.0526. The van der Waals surface area contributed by atoms with Gasteiger partial charge in [-0.2, -0.15) is 0 Å². The Morgan fingerprint density at radius 2 is 1.71 bits per heavy atom. The van der Waals surface area contributed by atoms with Gasteiger partial charge in [-0.05, 0) is 94.6 Å². The fraction of sp³-hybridized carbons (Fsp3) is 0.500. The molecule has 9 heteroatoms. The fourth-order valence-corrected chi connectivity index (χ4v) is 7.37. The monoisotopic (exact) mass is 579 g/mol. The van der Waals surface area contributed by atoms with Crippen molar-refractivity contribution in [2.24, 2.45) is 0 Å². The van der Waals surface area contributed by atoms with Crippen molar-refractivity contribution in [3.8, 4) is 5.75 Å². The Labute approximate surface area is 243 Å². The van der Waals surface area contributed by atoms with Crippen LogP contribution in [0, 0.1) is 0 Å². The maximum atomic E-state index is 14.1. The zero-order chi connectivity index (χ0) is 28.8. The number of ether oxygens (including phenoxy) is 2. The number of rotatable bonds is 10. The maximum absolute atomic E-state index is 14.1. The Morgan fingerprint density at radius 1 is 0.976 bits per heavy atom. The van der Waals surface area contributed by atoms with Crippen molar-refractivity contribution in [1.29, 1.82) is 0 Å². The average molecular weight is 580 g/mol. The van der Waals surface area contributed by atoms with Crippen molar-refractivity contribution < 1.29 is 22.7 Å². The molecule has 220 valence electrons. The van der Waals surface area contributed by atoms with Gasteiger partial charge in [-0.3, -0.25) is 4.98 Å². The number of nitrogens with zero attached hydrogens (tertiary/aromatic N) is 3. The molecule has 0 saturated carbocycles. The maximum Gasteiger partial charge on any atom is 0.338 e. The molecule has 2 aromatic carbocycles. The van der Waals surface area contributed by atoms with Crippen molar-refractivity contribution in [2.45, 2.75) is 74.6 Å².